The molecule has 1 rings (SSSR count). The van der Waals surface area contributed by atoms with Crippen LogP contribution in [-0.2, 0) is 4.79 Å². The van der Waals surface area contributed by atoms with Crippen LogP contribution in [0.1, 0.15) is 10.4 Å². The van der Waals surface area contributed by atoms with Crippen molar-refractivity contribution in [3.63, 3.8) is 0 Å². The van der Waals surface area contributed by atoms with Gasteiger partial charge in [0.25, 0.3) is 0 Å². The molecule has 0 saturated carbocycles. The van der Waals surface area contributed by atoms with Gasteiger partial charge in [-0.15, -0.1) is 0 Å². The molecule has 6 nitrogen and oxygen atoms in total. The average molecular weight is 266 g/mol. The maximum absolute atomic E-state index is 11.2. The molecule has 0 saturated heterocycles. The lowest BCUT2D eigenvalue weighted by Gasteiger charge is -2.11. The fourth-order valence-corrected chi connectivity index (χ4v) is 1.29. The van der Waals surface area contributed by atoms with Crippen LogP contribution in [0.2, 0.25) is 0 Å². The molecule has 0 aliphatic rings. The molecule has 0 aromatic heterocycles. The normalized spacial score (nSPS) is 10.0. The van der Waals surface area contributed by atoms with E-state index in [4.69, 9.17) is 9.84 Å². The van der Waals surface area contributed by atoms with Gasteiger partial charge >= 0.3 is 5.97 Å². The van der Waals surface area contributed by atoms with Crippen LogP contribution in [0.3, 0.4) is 0 Å². The van der Waals surface area contributed by atoms with Crippen LogP contribution in [0.25, 0.3) is 0 Å². The first kappa shape index (κ1) is 15.0. The Bertz CT molecular complexity index is 429. The summed E-state index contributed by atoms with van der Waals surface area (Å²) in [7, 11) is 3.40. The number of carbonyl (C=O) groups excluding carboxylic acids is 1. The number of ether oxygens (including phenoxy) is 1. The average Bonchev–Trinajstić information content (AvgIpc) is 2.38. The third-order valence-corrected chi connectivity index (χ3v) is 2.42. The highest BCUT2D eigenvalue weighted by Crippen LogP contribution is 2.11. The highest BCUT2D eigenvalue weighted by molar-refractivity contribution is 5.87. The summed E-state index contributed by atoms with van der Waals surface area (Å²) >= 11 is 0. The molecule has 0 radical (unpaired) electrons. The van der Waals surface area contributed by atoms with E-state index >= 15 is 0 Å². The number of nitrogens with one attached hydrogen (secondary N) is 1. The zero-order chi connectivity index (χ0) is 14.3. The van der Waals surface area contributed by atoms with Gasteiger partial charge in [-0.1, -0.05) is 0 Å². The Morgan fingerprint density at radius 1 is 1.26 bits per heavy atom. The minimum atomic E-state index is -0.963. The van der Waals surface area contributed by atoms with Crippen molar-refractivity contribution < 1.29 is 19.4 Å². The van der Waals surface area contributed by atoms with E-state index in [0.717, 1.165) is 0 Å². The fourth-order valence-electron chi connectivity index (χ4n) is 1.29. The number of amides is 1. The van der Waals surface area contributed by atoms with E-state index in [1.807, 2.05) is 0 Å². The maximum atomic E-state index is 11.2. The van der Waals surface area contributed by atoms with Crippen LogP contribution in [0.5, 0.6) is 5.75 Å². The molecule has 104 valence electrons. The number of hydrogen-bond donors (Lipinski definition) is 2. The van der Waals surface area contributed by atoms with Crippen molar-refractivity contribution in [1.29, 1.82) is 0 Å². The van der Waals surface area contributed by atoms with Gasteiger partial charge in [-0.05, 0) is 24.3 Å². The van der Waals surface area contributed by atoms with Gasteiger partial charge < -0.3 is 20.1 Å². The zero-order valence-electron chi connectivity index (χ0n) is 11.0. The molecule has 0 spiro atoms. The second-order valence-electron chi connectivity index (χ2n) is 4.14. The Balaban J connectivity index is 2.22. The number of carboxylic acid groups (broad SMARTS) is 1. The monoisotopic (exact) mass is 266 g/mol. The summed E-state index contributed by atoms with van der Waals surface area (Å²) in [6, 6.07) is 6.18. The number of rotatable bonds is 7. The van der Waals surface area contributed by atoms with Crippen molar-refractivity contribution in [2.24, 2.45) is 0 Å². The first-order valence-electron chi connectivity index (χ1n) is 5.87. The number of likely N-dealkylation sites (N-methyl/N-ethyl adjacent to an activating group) is 1. The fraction of sp³-hybridized carbons (Fsp3) is 0.385. The molecule has 1 aromatic rings. The molecule has 1 aromatic carbocycles. The Labute approximate surface area is 112 Å². The molecule has 0 heterocycles. The van der Waals surface area contributed by atoms with E-state index in [9.17, 15) is 9.59 Å². The molecular formula is C13H18N2O4. The van der Waals surface area contributed by atoms with E-state index in [1.54, 1.807) is 26.2 Å². The lowest BCUT2D eigenvalue weighted by Crippen LogP contribution is -2.34. The van der Waals surface area contributed by atoms with Crippen LogP contribution in [-0.4, -0.2) is 55.7 Å². The Hall–Kier alpha value is -2.08. The highest BCUT2D eigenvalue weighted by atomic mass is 16.5. The molecule has 19 heavy (non-hydrogen) atoms. The van der Waals surface area contributed by atoms with Crippen LogP contribution in [0.15, 0.2) is 24.3 Å². The molecule has 6 heteroatoms. The first-order chi connectivity index (χ1) is 9.00. The minimum Gasteiger partial charge on any atom is -0.492 e. The van der Waals surface area contributed by atoms with Crippen LogP contribution in [0, 0.1) is 0 Å². The topological polar surface area (TPSA) is 78.9 Å². The molecule has 0 aliphatic heterocycles. The van der Waals surface area contributed by atoms with Gasteiger partial charge in [-0.3, -0.25) is 4.79 Å². The largest absolute Gasteiger partial charge is 0.492 e. The van der Waals surface area contributed by atoms with Crippen LogP contribution in [0.4, 0.5) is 0 Å². The Morgan fingerprint density at radius 3 is 2.42 bits per heavy atom. The van der Waals surface area contributed by atoms with E-state index in [2.05, 4.69) is 5.32 Å². The van der Waals surface area contributed by atoms with Gasteiger partial charge in [0.2, 0.25) is 5.91 Å². The van der Waals surface area contributed by atoms with Crippen LogP contribution < -0.4 is 10.1 Å². The maximum Gasteiger partial charge on any atom is 0.335 e. The summed E-state index contributed by atoms with van der Waals surface area (Å²) in [6.45, 7) is 1.22. The van der Waals surface area contributed by atoms with E-state index in [0.29, 0.717) is 18.9 Å². The minimum absolute atomic E-state index is 0.00538. The van der Waals surface area contributed by atoms with Crippen molar-refractivity contribution in [2.45, 2.75) is 0 Å². The SMILES string of the molecule is CN(C)C(=O)CNCCOc1ccc(C(=O)O)cc1. The molecule has 0 fully saturated rings. The molecule has 0 unspecified atom stereocenters. The third-order valence-electron chi connectivity index (χ3n) is 2.42. The Morgan fingerprint density at radius 2 is 1.89 bits per heavy atom. The summed E-state index contributed by atoms with van der Waals surface area (Å²) < 4.78 is 5.40. The highest BCUT2D eigenvalue weighted by Gasteiger charge is 2.03. The second-order valence-corrected chi connectivity index (χ2v) is 4.14. The van der Waals surface area contributed by atoms with Gasteiger partial charge in [-0.25, -0.2) is 4.79 Å². The smallest absolute Gasteiger partial charge is 0.335 e. The van der Waals surface area contributed by atoms with E-state index in [1.165, 1.54) is 17.0 Å². The summed E-state index contributed by atoms with van der Waals surface area (Å²) in [5, 5.41) is 11.7. The Kier molecular flexibility index (Phi) is 5.81. The van der Waals surface area contributed by atoms with Gasteiger partial charge in [0.05, 0.1) is 12.1 Å². The number of nitrogens with zero attached hydrogens (tertiary/aromatic N) is 1. The predicted octanol–water partition coefficient (Wildman–Crippen LogP) is 0.441. The molecular weight excluding hydrogens is 248 g/mol. The van der Waals surface area contributed by atoms with Gasteiger partial charge in [-0.2, -0.15) is 0 Å². The summed E-state index contributed by atoms with van der Waals surface area (Å²) in [6.07, 6.45) is 0. The van der Waals surface area contributed by atoms with E-state index in [-0.39, 0.29) is 18.0 Å². The predicted molar refractivity (Wildman–Crippen MR) is 70.5 cm³/mol. The van der Waals surface area contributed by atoms with Crippen molar-refractivity contribution in [3.8, 4) is 5.75 Å². The number of aromatic carboxylic acids is 1. The van der Waals surface area contributed by atoms with Crippen molar-refractivity contribution >= 4 is 11.9 Å². The van der Waals surface area contributed by atoms with E-state index < -0.39 is 5.97 Å². The van der Waals surface area contributed by atoms with Crippen molar-refractivity contribution in [2.75, 3.05) is 33.8 Å². The van der Waals surface area contributed by atoms with Crippen LogP contribution >= 0.6 is 0 Å². The van der Waals surface area contributed by atoms with Crippen molar-refractivity contribution in [1.82, 2.24) is 10.2 Å². The first-order valence-corrected chi connectivity index (χ1v) is 5.87. The third kappa shape index (κ3) is 5.39. The van der Waals surface area contributed by atoms with Gasteiger partial charge in [0.15, 0.2) is 0 Å². The number of hydrogen-bond acceptors (Lipinski definition) is 4. The molecule has 2 N–H and O–H groups in total. The van der Waals surface area contributed by atoms with Gasteiger partial charge in [0, 0.05) is 20.6 Å². The number of carboxylic acids is 1. The summed E-state index contributed by atoms with van der Waals surface area (Å²) in [4.78, 5) is 23.4. The molecule has 1 amide bonds. The quantitative estimate of drug-likeness (QED) is 0.700. The molecule has 0 atom stereocenters. The standard InChI is InChI=1S/C13H18N2O4/c1-15(2)12(16)9-14-7-8-19-11-5-3-10(4-6-11)13(17)18/h3-6,14H,7-9H2,1-2H3,(H,17,18). The molecule has 0 aliphatic carbocycles. The summed E-state index contributed by atoms with van der Waals surface area (Å²) in [5.41, 5.74) is 0.224. The van der Waals surface area contributed by atoms with Gasteiger partial charge in [0.1, 0.15) is 12.4 Å². The zero-order valence-corrected chi connectivity index (χ0v) is 11.0. The molecule has 0 bridgehead atoms. The second kappa shape index (κ2) is 7.38. The lowest BCUT2D eigenvalue weighted by atomic mass is 10.2. The number of carbonyl (C=O) groups is 2. The number of benzene rings is 1. The lowest BCUT2D eigenvalue weighted by molar-refractivity contribution is -0.127. The van der Waals surface area contributed by atoms with Crippen molar-refractivity contribution in [3.05, 3.63) is 29.8 Å². The summed E-state index contributed by atoms with van der Waals surface area (Å²) in [5.74, 6) is -0.355.